The van der Waals surface area contributed by atoms with E-state index in [2.05, 4.69) is 13.8 Å². The molecule has 6 heteroatoms. The Morgan fingerprint density at radius 3 is 1.46 bits per heavy atom. The second kappa shape index (κ2) is 19.8. The van der Waals surface area contributed by atoms with E-state index in [4.69, 9.17) is 0 Å². The van der Waals surface area contributed by atoms with Crippen LogP contribution in [-0.4, -0.2) is 29.4 Å². The maximum Gasteiger partial charge on any atom is 1.00 e. The fourth-order valence-corrected chi connectivity index (χ4v) is 4.20. The summed E-state index contributed by atoms with van der Waals surface area (Å²) in [6, 6.07) is 0. The predicted octanol–water partition coefficient (Wildman–Crippen LogP) is 2.55. The molecule has 0 spiro atoms. The minimum atomic E-state index is -4.17. The Labute approximate surface area is 205 Å². The first-order valence-corrected chi connectivity index (χ1v) is 12.0. The number of hydrogen-bond donors (Lipinski definition) is 1. The van der Waals surface area contributed by atoms with Gasteiger partial charge in [0.2, 0.25) is 0 Å². The fraction of sp³-hybridized carbons (Fsp3) is 1.00. The van der Waals surface area contributed by atoms with Crippen molar-refractivity contribution in [1.29, 1.82) is 0 Å². The van der Waals surface area contributed by atoms with Crippen LogP contribution in [0, 0.1) is 0 Å². The maximum atomic E-state index is 11.4. The van der Waals surface area contributed by atoms with Gasteiger partial charge in [0.25, 0.3) is 0 Å². The molecule has 0 bridgehead atoms. The van der Waals surface area contributed by atoms with E-state index in [0.717, 1.165) is 70.6 Å². The molecule has 0 amide bonds. The maximum absolute atomic E-state index is 11.4. The fourth-order valence-electron chi connectivity index (χ4n) is 3.29. The van der Waals surface area contributed by atoms with Gasteiger partial charge < -0.3 is 9.66 Å². The Bertz CT molecular complexity index is 387. The van der Waals surface area contributed by atoms with Gasteiger partial charge in [0, 0.05) is 5.25 Å². The van der Waals surface area contributed by atoms with Crippen LogP contribution in [0.15, 0.2) is 0 Å². The molecule has 0 aliphatic heterocycles. The van der Waals surface area contributed by atoms with E-state index >= 15 is 0 Å². The van der Waals surface area contributed by atoms with Crippen molar-refractivity contribution in [2.24, 2.45) is 0 Å². The quantitative estimate of drug-likeness (QED) is 0.212. The van der Waals surface area contributed by atoms with E-state index in [-0.39, 0.29) is 57.5 Å². The molecule has 0 rings (SSSR count). The molecule has 1 N–H and O–H groups in total. The third-order valence-electron chi connectivity index (χ3n) is 4.99. The van der Waals surface area contributed by atoms with E-state index in [1.54, 1.807) is 0 Å². The van der Waals surface area contributed by atoms with Gasteiger partial charge in [-0.2, -0.15) is 0 Å². The molecule has 2 unspecified atom stereocenters. The van der Waals surface area contributed by atoms with Gasteiger partial charge in [-0.15, -0.1) is 0 Å². The summed E-state index contributed by atoms with van der Waals surface area (Å²) >= 11 is 0. The molecule has 4 nitrogen and oxygen atoms in total. The number of aliphatic hydroxyl groups excluding tert-OH is 1. The van der Waals surface area contributed by atoms with Gasteiger partial charge in [-0.1, -0.05) is 90.9 Å². The smallest absolute Gasteiger partial charge is 0.748 e. The van der Waals surface area contributed by atoms with E-state index in [0.29, 0.717) is 12.8 Å². The van der Waals surface area contributed by atoms with Crippen molar-refractivity contribution in [3.63, 3.8) is 0 Å². The minimum Gasteiger partial charge on any atom is -0.748 e. The van der Waals surface area contributed by atoms with Gasteiger partial charge >= 0.3 is 51.4 Å². The molecule has 0 aliphatic rings. The van der Waals surface area contributed by atoms with Crippen LogP contribution in [-0.2, 0) is 10.1 Å². The van der Waals surface area contributed by atoms with E-state index in [9.17, 15) is 18.1 Å². The summed E-state index contributed by atoms with van der Waals surface area (Å²) < 4.78 is 34.2. The van der Waals surface area contributed by atoms with Crippen molar-refractivity contribution < 1.29 is 69.5 Å². The molecule has 0 aromatic heterocycles. The molecule has 0 saturated carbocycles. The molecule has 0 aromatic rings. The molecule has 0 fully saturated rings. The molecule has 0 saturated heterocycles. The Balaban J connectivity index is 0. The zero-order chi connectivity index (χ0) is 19.0. The van der Waals surface area contributed by atoms with Gasteiger partial charge in [0.15, 0.2) is 0 Å². The summed E-state index contributed by atoms with van der Waals surface area (Å²) in [5.41, 5.74) is 0. The average Bonchev–Trinajstić information content (AvgIpc) is 2.55. The van der Waals surface area contributed by atoms with Crippen LogP contribution in [0.1, 0.15) is 117 Å². The van der Waals surface area contributed by atoms with Crippen LogP contribution < -0.4 is 51.4 Å². The zero-order valence-corrected chi connectivity index (χ0v) is 21.5. The molecular weight excluding hydrogens is 375 g/mol. The third-order valence-corrected chi connectivity index (χ3v) is 6.28. The SMILES string of the molecule is CCCCCCCC(CCCCCCC(O)CCCCC)S(=O)(=O)[O-].[K+]. The normalized spacial score (nSPS) is 14.0. The largest absolute Gasteiger partial charge is 1.00 e. The van der Waals surface area contributed by atoms with Crippen LogP contribution in [0.25, 0.3) is 0 Å². The van der Waals surface area contributed by atoms with Crippen molar-refractivity contribution in [2.45, 2.75) is 128 Å². The second-order valence-corrected chi connectivity index (χ2v) is 9.11. The summed E-state index contributed by atoms with van der Waals surface area (Å²) in [4.78, 5) is 0. The Morgan fingerprint density at radius 2 is 1.04 bits per heavy atom. The predicted molar refractivity (Wildman–Crippen MR) is 105 cm³/mol. The van der Waals surface area contributed by atoms with Crippen LogP contribution in [0.3, 0.4) is 0 Å². The molecule has 152 valence electrons. The van der Waals surface area contributed by atoms with Crippen LogP contribution in [0.4, 0.5) is 0 Å². The van der Waals surface area contributed by atoms with E-state index in [1.165, 1.54) is 19.3 Å². The number of rotatable bonds is 18. The summed E-state index contributed by atoms with van der Waals surface area (Å²) in [6.45, 7) is 4.31. The molecule has 0 aromatic carbocycles. The van der Waals surface area contributed by atoms with E-state index in [1.807, 2.05) is 0 Å². The third kappa shape index (κ3) is 18.9. The number of hydrogen-bond acceptors (Lipinski definition) is 4. The monoisotopic (exact) mass is 416 g/mol. The standard InChI is InChI=1S/C20H42O4S.K/c1-3-5-7-8-13-17-20(25(22,23)24)18-14-10-9-12-16-19(21)15-11-6-4-2;/h19-21H,3-18H2,1-2H3,(H,22,23,24);/q;+1/p-1. The van der Waals surface area contributed by atoms with Crippen molar-refractivity contribution in [1.82, 2.24) is 0 Å². The van der Waals surface area contributed by atoms with Crippen molar-refractivity contribution in [2.75, 3.05) is 0 Å². The van der Waals surface area contributed by atoms with Crippen LogP contribution in [0.2, 0.25) is 0 Å². The van der Waals surface area contributed by atoms with Crippen molar-refractivity contribution in [3.8, 4) is 0 Å². The van der Waals surface area contributed by atoms with Gasteiger partial charge in [0.1, 0.15) is 0 Å². The van der Waals surface area contributed by atoms with Gasteiger partial charge in [-0.3, -0.25) is 0 Å². The van der Waals surface area contributed by atoms with Gasteiger partial charge in [-0.05, 0) is 25.7 Å². The van der Waals surface area contributed by atoms with Gasteiger partial charge in [-0.25, -0.2) is 8.42 Å². The summed E-state index contributed by atoms with van der Waals surface area (Å²) in [6.07, 6.45) is 15.1. The number of aliphatic hydroxyl groups is 1. The molecule has 2 atom stereocenters. The summed E-state index contributed by atoms with van der Waals surface area (Å²) in [5, 5.41) is 9.17. The average molecular weight is 417 g/mol. The first kappa shape index (κ1) is 29.7. The Hall–Kier alpha value is 1.51. The van der Waals surface area contributed by atoms with Crippen molar-refractivity contribution in [3.05, 3.63) is 0 Å². The molecule has 0 heterocycles. The molecule has 0 radical (unpaired) electrons. The zero-order valence-electron chi connectivity index (χ0n) is 17.5. The topological polar surface area (TPSA) is 77.4 Å². The first-order valence-electron chi connectivity index (χ1n) is 10.5. The van der Waals surface area contributed by atoms with Crippen LogP contribution in [0.5, 0.6) is 0 Å². The van der Waals surface area contributed by atoms with Gasteiger partial charge in [0.05, 0.1) is 16.2 Å². The Kier molecular flexibility index (Phi) is 22.6. The molecule has 0 aliphatic carbocycles. The first-order chi connectivity index (χ1) is 11.9. The summed E-state index contributed by atoms with van der Waals surface area (Å²) in [5.74, 6) is 0. The second-order valence-electron chi connectivity index (χ2n) is 7.46. The van der Waals surface area contributed by atoms with Crippen LogP contribution >= 0.6 is 0 Å². The van der Waals surface area contributed by atoms with E-state index < -0.39 is 15.4 Å². The minimum absolute atomic E-state index is 0. The molecule has 26 heavy (non-hydrogen) atoms. The Morgan fingerprint density at radius 1 is 0.692 bits per heavy atom. The number of unbranched alkanes of at least 4 members (excludes halogenated alkanes) is 9. The molecular formula is C20H41KO4S. The summed E-state index contributed by atoms with van der Waals surface area (Å²) in [7, 11) is -4.17. The van der Waals surface area contributed by atoms with Crippen molar-refractivity contribution >= 4 is 10.1 Å².